The molecule has 4 rings (SSSR count). The smallest absolute Gasteiger partial charge is 0.259 e. The average Bonchev–Trinajstić information content (AvgIpc) is 3.17. The van der Waals surface area contributed by atoms with Crippen LogP contribution in [0.3, 0.4) is 0 Å². The van der Waals surface area contributed by atoms with E-state index in [0.717, 1.165) is 28.5 Å². The topological polar surface area (TPSA) is 88.5 Å². The lowest BCUT2D eigenvalue weighted by molar-refractivity contribution is 0.102. The van der Waals surface area contributed by atoms with Crippen LogP contribution < -0.4 is 5.32 Å². The van der Waals surface area contributed by atoms with Gasteiger partial charge in [0.1, 0.15) is 10.8 Å². The number of nitrogens with zero attached hydrogens (tertiary/aromatic N) is 4. The summed E-state index contributed by atoms with van der Waals surface area (Å²) in [5.41, 5.74) is 2.51. The molecule has 1 aliphatic rings. The molecule has 4 heterocycles. The van der Waals surface area contributed by atoms with E-state index in [0.29, 0.717) is 16.7 Å². The number of hydrogen-bond acceptors (Lipinski definition) is 5. The molecule has 0 saturated carbocycles. The Kier molecular flexibility index (Phi) is 2.86. The molecule has 3 aromatic heterocycles. The van der Waals surface area contributed by atoms with Crippen molar-refractivity contribution in [1.29, 1.82) is 0 Å². The summed E-state index contributed by atoms with van der Waals surface area (Å²) in [5, 5.41) is 12.0. The number of amides is 1. The van der Waals surface area contributed by atoms with Crippen molar-refractivity contribution < 1.29 is 4.79 Å². The maximum absolute atomic E-state index is 12.5. The number of hydrogen-bond donors (Lipinski definition) is 2. The van der Waals surface area contributed by atoms with Gasteiger partial charge >= 0.3 is 0 Å². The standard InChI is InChI=1S/C14H14N6OS/c1-7-5-10-11(12-15-3-4-20(7)12)9(6-16-10)13(21)17-14-19-18-8(2)22-14/h3-4,6-7,16H,5H2,1-2H3,(H,17,19,21)/t7-/m1/s1. The second-order valence-corrected chi connectivity index (χ2v) is 6.53. The third-order valence-electron chi connectivity index (χ3n) is 3.82. The van der Waals surface area contributed by atoms with Gasteiger partial charge in [0.2, 0.25) is 5.13 Å². The summed E-state index contributed by atoms with van der Waals surface area (Å²) in [5.74, 6) is 0.631. The number of carbonyl (C=O) groups is 1. The molecule has 0 fully saturated rings. The van der Waals surface area contributed by atoms with Crippen molar-refractivity contribution >= 4 is 22.4 Å². The predicted molar refractivity (Wildman–Crippen MR) is 83.0 cm³/mol. The molecule has 0 unspecified atom stereocenters. The van der Waals surface area contributed by atoms with Gasteiger partial charge in [0.05, 0.1) is 11.1 Å². The molecular formula is C14H14N6OS. The van der Waals surface area contributed by atoms with E-state index in [2.05, 4.69) is 37.0 Å². The maximum Gasteiger partial charge on any atom is 0.259 e. The summed E-state index contributed by atoms with van der Waals surface area (Å²) in [6.45, 7) is 3.99. The van der Waals surface area contributed by atoms with Gasteiger partial charge in [-0.1, -0.05) is 11.3 Å². The van der Waals surface area contributed by atoms with Gasteiger partial charge in [-0.05, 0) is 13.8 Å². The number of rotatable bonds is 2. The lowest BCUT2D eigenvalue weighted by Crippen LogP contribution is -2.18. The fraction of sp³-hybridized carbons (Fsp3) is 0.286. The van der Waals surface area contributed by atoms with Crippen LogP contribution in [0, 0.1) is 6.92 Å². The Morgan fingerprint density at radius 3 is 3.14 bits per heavy atom. The van der Waals surface area contributed by atoms with E-state index in [-0.39, 0.29) is 5.91 Å². The Hall–Kier alpha value is -2.48. The molecular weight excluding hydrogens is 300 g/mol. The van der Waals surface area contributed by atoms with Crippen LogP contribution in [-0.4, -0.2) is 30.6 Å². The van der Waals surface area contributed by atoms with Gasteiger partial charge < -0.3 is 9.55 Å². The molecule has 1 atom stereocenters. The monoisotopic (exact) mass is 314 g/mol. The Bertz CT molecular complexity index is 860. The summed E-state index contributed by atoms with van der Waals surface area (Å²) >= 11 is 1.35. The molecule has 0 aliphatic carbocycles. The fourth-order valence-corrected chi connectivity index (χ4v) is 3.42. The zero-order valence-electron chi connectivity index (χ0n) is 12.1. The molecule has 0 aromatic carbocycles. The highest BCUT2D eigenvalue weighted by molar-refractivity contribution is 7.15. The molecule has 8 heteroatoms. The zero-order chi connectivity index (χ0) is 15.3. The normalized spacial score (nSPS) is 16.2. The fourth-order valence-electron chi connectivity index (χ4n) is 2.83. The minimum atomic E-state index is -0.197. The molecule has 0 bridgehead atoms. The molecule has 3 aromatic rings. The number of H-pyrrole nitrogens is 1. The van der Waals surface area contributed by atoms with E-state index in [1.807, 2.05) is 13.1 Å². The molecule has 1 aliphatic heterocycles. The summed E-state index contributed by atoms with van der Waals surface area (Å²) in [6.07, 6.45) is 6.31. The first-order chi connectivity index (χ1) is 10.6. The number of nitrogens with one attached hydrogen (secondary N) is 2. The van der Waals surface area contributed by atoms with Crippen molar-refractivity contribution in [2.45, 2.75) is 26.3 Å². The van der Waals surface area contributed by atoms with Gasteiger partial charge in [-0.3, -0.25) is 10.1 Å². The van der Waals surface area contributed by atoms with Crippen molar-refractivity contribution in [2.24, 2.45) is 0 Å². The highest BCUT2D eigenvalue weighted by Gasteiger charge is 2.28. The predicted octanol–water partition coefficient (Wildman–Crippen LogP) is 2.41. The van der Waals surface area contributed by atoms with Crippen LogP contribution in [0.1, 0.15) is 34.0 Å². The van der Waals surface area contributed by atoms with Gasteiger partial charge in [0, 0.05) is 36.7 Å². The van der Waals surface area contributed by atoms with E-state index >= 15 is 0 Å². The van der Waals surface area contributed by atoms with Crippen LogP contribution in [0.2, 0.25) is 0 Å². The molecule has 2 N–H and O–H groups in total. The zero-order valence-corrected chi connectivity index (χ0v) is 12.9. The largest absolute Gasteiger partial charge is 0.364 e. The van der Waals surface area contributed by atoms with Gasteiger partial charge in [-0.15, -0.1) is 10.2 Å². The van der Waals surface area contributed by atoms with Crippen molar-refractivity contribution in [1.82, 2.24) is 24.7 Å². The van der Waals surface area contributed by atoms with Gasteiger partial charge in [-0.25, -0.2) is 4.98 Å². The lowest BCUT2D eigenvalue weighted by Gasteiger charge is -2.22. The van der Waals surface area contributed by atoms with E-state index in [1.165, 1.54) is 11.3 Å². The van der Waals surface area contributed by atoms with Crippen molar-refractivity contribution in [3.63, 3.8) is 0 Å². The van der Waals surface area contributed by atoms with Gasteiger partial charge in [0.15, 0.2) is 0 Å². The highest BCUT2D eigenvalue weighted by atomic mass is 32.1. The summed E-state index contributed by atoms with van der Waals surface area (Å²) in [6, 6.07) is 0.324. The Morgan fingerprint density at radius 2 is 2.36 bits per heavy atom. The first-order valence-corrected chi connectivity index (χ1v) is 7.80. The van der Waals surface area contributed by atoms with E-state index in [9.17, 15) is 4.79 Å². The molecule has 0 spiro atoms. The third kappa shape index (κ3) is 1.95. The SMILES string of the molecule is Cc1nnc(NC(=O)c2c[nH]c3c2-c2nccn2[C@H](C)C3)s1. The second-order valence-electron chi connectivity index (χ2n) is 5.35. The van der Waals surface area contributed by atoms with E-state index < -0.39 is 0 Å². The Balaban J connectivity index is 1.72. The first kappa shape index (κ1) is 13.2. The highest BCUT2D eigenvalue weighted by Crippen LogP contribution is 2.35. The van der Waals surface area contributed by atoms with Gasteiger partial charge in [-0.2, -0.15) is 0 Å². The number of carbonyl (C=O) groups excluding carboxylic acids is 1. The quantitative estimate of drug-likeness (QED) is 0.760. The number of imidazole rings is 1. The Morgan fingerprint density at radius 1 is 1.50 bits per heavy atom. The molecule has 0 saturated heterocycles. The molecule has 1 amide bonds. The number of anilines is 1. The maximum atomic E-state index is 12.5. The minimum absolute atomic E-state index is 0.197. The molecule has 22 heavy (non-hydrogen) atoms. The number of fused-ring (bicyclic) bond motifs is 3. The van der Waals surface area contributed by atoms with Gasteiger partial charge in [0.25, 0.3) is 5.91 Å². The minimum Gasteiger partial charge on any atom is -0.364 e. The average molecular weight is 314 g/mol. The number of aromatic amines is 1. The van der Waals surface area contributed by atoms with Crippen LogP contribution in [0.15, 0.2) is 18.6 Å². The van der Waals surface area contributed by atoms with Crippen LogP contribution in [-0.2, 0) is 6.42 Å². The lowest BCUT2D eigenvalue weighted by atomic mass is 10.0. The van der Waals surface area contributed by atoms with E-state index in [1.54, 1.807) is 12.4 Å². The first-order valence-electron chi connectivity index (χ1n) is 6.98. The molecule has 112 valence electrons. The van der Waals surface area contributed by atoms with Crippen LogP contribution in [0.25, 0.3) is 11.4 Å². The number of aryl methyl sites for hydroxylation is 1. The summed E-state index contributed by atoms with van der Waals surface area (Å²) < 4.78 is 2.10. The second kappa shape index (κ2) is 4.77. The van der Waals surface area contributed by atoms with Crippen LogP contribution in [0.4, 0.5) is 5.13 Å². The van der Waals surface area contributed by atoms with Crippen molar-refractivity contribution in [3.05, 3.63) is 34.9 Å². The third-order valence-corrected chi connectivity index (χ3v) is 4.57. The van der Waals surface area contributed by atoms with Crippen molar-refractivity contribution in [2.75, 3.05) is 5.32 Å². The van der Waals surface area contributed by atoms with Crippen molar-refractivity contribution in [3.8, 4) is 11.4 Å². The Labute approximate surface area is 130 Å². The summed E-state index contributed by atoms with van der Waals surface area (Å²) in [7, 11) is 0. The molecule has 7 nitrogen and oxygen atoms in total. The van der Waals surface area contributed by atoms with E-state index in [4.69, 9.17) is 0 Å². The summed E-state index contributed by atoms with van der Waals surface area (Å²) in [4.78, 5) is 20.2. The number of aromatic nitrogens is 5. The van der Waals surface area contributed by atoms with Crippen LogP contribution in [0.5, 0.6) is 0 Å². The molecule has 0 radical (unpaired) electrons. The van der Waals surface area contributed by atoms with Crippen LogP contribution >= 0.6 is 11.3 Å².